The van der Waals surface area contributed by atoms with Crippen molar-refractivity contribution in [2.24, 2.45) is 5.92 Å². The van der Waals surface area contributed by atoms with Gasteiger partial charge in [0.05, 0.1) is 19.1 Å². The van der Waals surface area contributed by atoms with Crippen LogP contribution in [0.2, 0.25) is 0 Å². The lowest BCUT2D eigenvalue weighted by Crippen LogP contribution is -2.45. The van der Waals surface area contributed by atoms with Gasteiger partial charge in [0.1, 0.15) is 5.75 Å². The van der Waals surface area contributed by atoms with Gasteiger partial charge in [-0.2, -0.15) is 0 Å². The molecule has 0 aliphatic carbocycles. The number of hydrogen-bond donors (Lipinski definition) is 3. The molecule has 208 valence electrons. The van der Waals surface area contributed by atoms with E-state index >= 15 is 0 Å². The largest absolute Gasteiger partial charge is 0.494 e. The van der Waals surface area contributed by atoms with Gasteiger partial charge < -0.3 is 25.0 Å². The number of carboxylic acid groups (broad SMARTS) is 1. The molecule has 9 nitrogen and oxygen atoms in total. The van der Waals surface area contributed by atoms with Crippen LogP contribution < -0.4 is 4.74 Å². The minimum atomic E-state index is -0.901. The van der Waals surface area contributed by atoms with Gasteiger partial charge in [0.2, 0.25) is 5.91 Å². The maximum atomic E-state index is 13.5. The Morgan fingerprint density at radius 1 is 1.05 bits per heavy atom. The molecule has 1 fully saturated rings. The molecule has 3 atom stereocenters. The number of benzene rings is 1. The molecule has 2 aliphatic heterocycles. The van der Waals surface area contributed by atoms with Crippen molar-refractivity contribution in [3.63, 3.8) is 0 Å². The van der Waals surface area contributed by atoms with Crippen LogP contribution in [0.25, 0.3) is 0 Å². The lowest BCUT2D eigenvalue weighted by atomic mass is 9.83. The summed E-state index contributed by atoms with van der Waals surface area (Å²) < 4.78 is 7.02. The van der Waals surface area contributed by atoms with Gasteiger partial charge in [0, 0.05) is 56.7 Å². The van der Waals surface area contributed by atoms with Crippen LogP contribution >= 0.6 is 0 Å². The number of amides is 1. The van der Waals surface area contributed by atoms with Crippen molar-refractivity contribution in [1.29, 1.82) is 0 Å². The van der Waals surface area contributed by atoms with Crippen LogP contribution in [-0.4, -0.2) is 80.4 Å². The monoisotopic (exact) mass is 527 g/mol. The fourth-order valence-corrected chi connectivity index (χ4v) is 5.90. The van der Waals surface area contributed by atoms with Crippen molar-refractivity contribution in [3.8, 4) is 17.5 Å². The Labute approximate surface area is 224 Å². The number of hydrogen-bond acceptors (Lipinski definition) is 6. The third-order valence-electron chi connectivity index (χ3n) is 8.01. The molecule has 38 heavy (non-hydrogen) atoms. The number of aromatic nitrogens is 1. The number of carbonyl (C=O) groups is 2. The smallest absolute Gasteiger partial charge is 0.308 e. The van der Waals surface area contributed by atoms with Gasteiger partial charge >= 0.3 is 5.97 Å². The van der Waals surface area contributed by atoms with Crippen molar-refractivity contribution in [1.82, 2.24) is 14.4 Å². The summed E-state index contributed by atoms with van der Waals surface area (Å²) in [6.07, 6.45) is 5.03. The molecule has 4 rings (SSSR count). The number of aromatic hydroxyl groups is 2. The number of ether oxygens (including phenoxy) is 1. The number of fused-ring (bicyclic) bond motifs is 1. The Morgan fingerprint density at radius 3 is 2.37 bits per heavy atom. The SMILES string of the molecule is CCCCN(CCCC)C(=O)CN1C[C@H](c2ccc3c(c2)CCO3)[C@@H](C(=O)O)[C@@H]1CCn1c(O)ccc1O. The zero-order valence-corrected chi connectivity index (χ0v) is 22.5. The molecular formula is C29H41N3O6. The second-order valence-electron chi connectivity index (χ2n) is 10.5. The lowest BCUT2D eigenvalue weighted by Gasteiger charge is -2.30. The molecule has 3 N–H and O–H groups in total. The quantitative estimate of drug-likeness (QED) is 0.363. The standard InChI is InChI=1S/C29H41N3O6/c1-3-5-13-30(14-6-4-2)27(35)19-31-18-22(20-7-8-24-21(17-20)12-16-38-24)28(29(36)37)23(31)11-15-32-25(33)9-10-26(32)34/h7-10,17,22-23,28,33-34H,3-6,11-16,18-19H2,1-2H3,(H,36,37)/t22-,23+,28-/m1/s1. The van der Waals surface area contributed by atoms with Crippen molar-refractivity contribution in [2.75, 3.05) is 32.8 Å². The van der Waals surface area contributed by atoms with E-state index in [-0.39, 0.29) is 36.7 Å². The fraction of sp³-hybridized carbons (Fsp3) is 0.586. The first kappa shape index (κ1) is 27.8. The first-order chi connectivity index (χ1) is 18.3. The maximum absolute atomic E-state index is 13.5. The van der Waals surface area contributed by atoms with Gasteiger partial charge in [0.25, 0.3) is 0 Å². The third kappa shape index (κ3) is 6.09. The van der Waals surface area contributed by atoms with E-state index in [0.717, 1.165) is 49.0 Å². The van der Waals surface area contributed by atoms with E-state index in [4.69, 9.17) is 4.74 Å². The summed E-state index contributed by atoms with van der Waals surface area (Å²) in [6.45, 7) is 7.09. The van der Waals surface area contributed by atoms with Crippen molar-refractivity contribution in [3.05, 3.63) is 41.5 Å². The highest BCUT2D eigenvalue weighted by Gasteiger charge is 2.47. The lowest BCUT2D eigenvalue weighted by molar-refractivity contribution is -0.144. The highest BCUT2D eigenvalue weighted by Crippen LogP contribution is 2.41. The first-order valence-corrected chi connectivity index (χ1v) is 13.9. The van der Waals surface area contributed by atoms with E-state index in [9.17, 15) is 24.9 Å². The average molecular weight is 528 g/mol. The Kier molecular flexibility index (Phi) is 9.20. The summed E-state index contributed by atoms with van der Waals surface area (Å²) >= 11 is 0. The molecular weight excluding hydrogens is 486 g/mol. The van der Waals surface area contributed by atoms with Crippen LogP contribution in [0.1, 0.15) is 63.0 Å². The van der Waals surface area contributed by atoms with E-state index in [2.05, 4.69) is 19.9 Å². The van der Waals surface area contributed by atoms with Crippen molar-refractivity contribution >= 4 is 11.9 Å². The van der Waals surface area contributed by atoms with Gasteiger partial charge in [0.15, 0.2) is 11.8 Å². The molecule has 9 heteroatoms. The number of carbonyl (C=O) groups excluding carboxylic acids is 1. The molecule has 0 bridgehead atoms. The normalized spacial score (nSPS) is 20.8. The van der Waals surface area contributed by atoms with Crippen LogP contribution in [-0.2, 0) is 22.6 Å². The molecule has 2 aromatic rings. The topological polar surface area (TPSA) is 115 Å². The number of aliphatic carboxylic acids is 1. The van der Waals surface area contributed by atoms with E-state index in [1.807, 2.05) is 21.9 Å². The van der Waals surface area contributed by atoms with Crippen LogP contribution in [0.3, 0.4) is 0 Å². The van der Waals surface area contributed by atoms with Crippen LogP contribution in [0.4, 0.5) is 0 Å². The first-order valence-electron chi connectivity index (χ1n) is 13.9. The summed E-state index contributed by atoms with van der Waals surface area (Å²) in [5, 5.41) is 30.7. The number of unbranched alkanes of at least 4 members (excludes halogenated alkanes) is 2. The molecule has 3 heterocycles. The molecule has 2 aliphatic rings. The summed E-state index contributed by atoms with van der Waals surface area (Å²) in [7, 11) is 0. The van der Waals surface area contributed by atoms with Crippen molar-refractivity contribution in [2.45, 2.75) is 70.9 Å². The van der Waals surface area contributed by atoms with E-state index in [0.29, 0.717) is 32.7 Å². The number of carboxylic acids is 1. The summed E-state index contributed by atoms with van der Waals surface area (Å²) in [6, 6.07) is 8.32. The summed E-state index contributed by atoms with van der Waals surface area (Å²) in [5.74, 6) is -1.20. The van der Waals surface area contributed by atoms with Crippen LogP contribution in [0.15, 0.2) is 30.3 Å². The van der Waals surface area contributed by atoms with Crippen molar-refractivity contribution < 1.29 is 29.6 Å². The Morgan fingerprint density at radius 2 is 1.74 bits per heavy atom. The molecule has 0 unspecified atom stereocenters. The Bertz CT molecular complexity index is 1090. The molecule has 0 radical (unpaired) electrons. The molecule has 0 spiro atoms. The number of nitrogens with zero attached hydrogens (tertiary/aromatic N) is 3. The predicted octanol–water partition coefficient (Wildman–Crippen LogP) is 3.82. The molecule has 1 aromatic carbocycles. The molecule has 0 saturated carbocycles. The predicted molar refractivity (Wildman–Crippen MR) is 144 cm³/mol. The minimum Gasteiger partial charge on any atom is -0.494 e. The molecule has 1 aromatic heterocycles. The second kappa shape index (κ2) is 12.6. The fourth-order valence-electron chi connectivity index (χ4n) is 5.90. The van der Waals surface area contributed by atoms with Gasteiger partial charge in [-0.15, -0.1) is 0 Å². The van der Waals surface area contributed by atoms with Crippen LogP contribution in [0.5, 0.6) is 17.5 Å². The zero-order chi connectivity index (χ0) is 27.2. The van der Waals surface area contributed by atoms with Gasteiger partial charge in [-0.25, -0.2) is 0 Å². The number of rotatable bonds is 13. The van der Waals surface area contributed by atoms with E-state index in [1.165, 1.54) is 16.7 Å². The van der Waals surface area contributed by atoms with Gasteiger partial charge in [-0.1, -0.05) is 38.8 Å². The average Bonchev–Trinajstić information content (AvgIpc) is 3.59. The zero-order valence-electron chi connectivity index (χ0n) is 22.5. The summed E-state index contributed by atoms with van der Waals surface area (Å²) in [5.41, 5.74) is 2.03. The van der Waals surface area contributed by atoms with Crippen LogP contribution in [0, 0.1) is 5.92 Å². The third-order valence-corrected chi connectivity index (χ3v) is 8.01. The maximum Gasteiger partial charge on any atom is 0.308 e. The Hall–Kier alpha value is -3.20. The Balaban J connectivity index is 1.61. The van der Waals surface area contributed by atoms with E-state index < -0.39 is 17.9 Å². The van der Waals surface area contributed by atoms with Gasteiger partial charge in [-0.05, 0) is 36.5 Å². The number of likely N-dealkylation sites (tertiary alicyclic amines) is 1. The van der Waals surface area contributed by atoms with E-state index in [1.54, 1.807) is 0 Å². The summed E-state index contributed by atoms with van der Waals surface area (Å²) in [4.78, 5) is 30.2. The molecule has 1 saturated heterocycles. The highest BCUT2D eigenvalue weighted by molar-refractivity contribution is 5.79. The second-order valence-corrected chi connectivity index (χ2v) is 10.5. The minimum absolute atomic E-state index is 0.0238. The van der Waals surface area contributed by atoms with Gasteiger partial charge in [-0.3, -0.25) is 19.1 Å². The highest BCUT2D eigenvalue weighted by atomic mass is 16.5. The molecule has 1 amide bonds.